The van der Waals surface area contributed by atoms with E-state index in [4.69, 9.17) is 0 Å². The van der Waals surface area contributed by atoms with E-state index in [2.05, 4.69) is 35.0 Å². The van der Waals surface area contributed by atoms with Gasteiger partial charge in [-0.1, -0.05) is 25.0 Å². The number of rotatable bonds is 3. The van der Waals surface area contributed by atoms with E-state index in [0.717, 1.165) is 0 Å². The molecule has 2 rings (SSSR count). The van der Waals surface area contributed by atoms with Gasteiger partial charge in [0.15, 0.2) is 0 Å². The fourth-order valence-corrected chi connectivity index (χ4v) is 2.68. The average molecular weight is 221 g/mol. The molecular formula is C13H19NS. The van der Waals surface area contributed by atoms with E-state index in [1.54, 1.807) is 11.3 Å². The summed E-state index contributed by atoms with van der Waals surface area (Å²) in [5, 5.41) is 5.74. The van der Waals surface area contributed by atoms with Crippen LogP contribution in [-0.4, -0.2) is 12.6 Å². The number of hydrogen-bond acceptors (Lipinski definition) is 2. The highest BCUT2D eigenvalue weighted by atomic mass is 32.1. The summed E-state index contributed by atoms with van der Waals surface area (Å²) < 4.78 is 0. The van der Waals surface area contributed by atoms with Crippen molar-refractivity contribution in [3.05, 3.63) is 28.5 Å². The van der Waals surface area contributed by atoms with Crippen LogP contribution in [0.4, 0.5) is 0 Å². The van der Waals surface area contributed by atoms with E-state index in [0.29, 0.717) is 6.04 Å². The lowest BCUT2D eigenvalue weighted by Gasteiger charge is -2.12. The van der Waals surface area contributed by atoms with Gasteiger partial charge in [0, 0.05) is 10.9 Å². The molecule has 2 heteroatoms. The molecule has 1 aromatic rings. The molecule has 0 aliphatic carbocycles. The van der Waals surface area contributed by atoms with Gasteiger partial charge < -0.3 is 5.32 Å². The van der Waals surface area contributed by atoms with Crippen LogP contribution in [0.5, 0.6) is 0 Å². The van der Waals surface area contributed by atoms with E-state index in [9.17, 15) is 0 Å². The lowest BCUT2D eigenvalue weighted by atomic mass is 10.1. The SMILES string of the molecule is C(=Cc1cccs1)CC1CCCCCN1. The zero-order valence-corrected chi connectivity index (χ0v) is 9.93. The Kier molecular flexibility index (Phi) is 4.42. The van der Waals surface area contributed by atoms with Crippen LogP contribution in [0.2, 0.25) is 0 Å². The molecule has 15 heavy (non-hydrogen) atoms. The third-order valence-electron chi connectivity index (χ3n) is 2.91. The van der Waals surface area contributed by atoms with Crippen molar-refractivity contribution in [2.24, 2.45) is 0 Å². The molecule has 2 heterocycles. The summed E-state index contributed by atoms with van der Waals surface area (Å²) in [5.41, 5.74) is 0. The molecule has 0 radical (unpaired) electrons. The van der Waals surface area contributed by atoms with E-state index >= 15 is 0 Å². The average Bonchev–Trinajstić information content (AvgIpc) is 2.62. The molecule has 0 aromatic carbocycles. The minimum atomic E-state index is 0.712. The number of hydrogen-bond donors (Lipinski definition) is 1. The fraction of sp³-hybridized carbons (Fsp3) is 0.538. The Balaban J connectivity index is 1.76. The normalized spacial score (nSPS) is 23.1. The summed E-state index contributed by atoms with van der Waals surface area (Å²) in [6, 6.07) is 4.99. The van der Waals surface area contributed by atoms with Crippen LogP contribution in [-0.2, 0) is 0 Å². The summed E-state index contributed by atoms with van der Waals surface area (Å²) in [6.45, 7) is 1.21. The van der Waals surface area contributed by atoms with Crippen LogP contribution >= 0.6 is 11.3 Å². The van der Waals surface area contributed by atoms with Gasteiger partial charge in [0.2, 0.25) is 0 Å². The van der Waals surface area contributed by atoms with E-state index in [-0.39, 0.29) is 0 Å². The summed E-state index contributed by atoms with van der Waals surface area (Å²) in [5.74, 6) is 0. The van der Waals surface area contributed by atoms with E-state index in [1.165, 1.54) is 43.5 Å². The Hall–Kier alpha value is -0.600. The van der Waals surface area contributed by atoms with E-state index in [1.807, 2.05) is 0 Å². The Morgan fingerprint density at radius 1 is 1.40 bits per heavy atom. The van der Waals surface area contributed by atoms with Gasteiger partial charge in [-0.15, -0.1) is 11.3 Å². The lowest BCUT2D eigenvalue weighted by Crippen LogP contribution is -2.27. The summed E-state index contributed by atoms with van der Waals surface area (Å²) in [6.07, 6.45) is 11.2. The molecule has 1 aliphatic rings. The first-order valence-electron chi connectivity index (χ1n) is 5.88. The maximum atomic E-state index is 3.61. The van der Waals surface area contributed by atoms with Gasteiger partial charge in [0.1, 0.15) is 0 Å². The van der Waals surface area contributed by atoms with Crippen LogP contribution in [0.1, 0.15) is 37.0 Å². The van der Waals surface area contributed by atoms with Gasteiger partial charge in [-0.3, -0.25) is 0 Å². The molecule has 0 saturated carbocycles. The molecule has 1 unspecified atom stereocenters. The maximum Gasteiger partial charge on any atom is 0.0267 e. The summed E-state index contributed by atoms with van der Waals surface area (Å²) in [4.78, 5) is 1.36. The summed E-state index contributed by atoms with van der Waals surface area (Å²) >= 11 is 1.81. The molecular weight excluding hydrogens is 202 g/mol. The first-order chi connectivity index (χ1) is 7.45. The first kappa shape index (κ1) is 10.9. The Bertz CT molecular complexity index is 281. The Labute approximate surface area is 96.2 Å². The standard InChI is InChI=1S/C13H19NS/c1-2-6-12(14-10-3-1)7-4-8-13-9-5-11-15-13/h4-5,8-9,11-12,14H,1-3,6-7,10H2. The smallest absolute Gasteiger partial charge is 0.0267 e. The van der Waals surface area contributed by atoms with Gasteiger partial charge in [-0.25, -0.2) is 0 Å². The topological polar surface area (TPSA) is 12.0 Å². The number of thiophene rings is 1. The monoisotopic (exact) mass is 221 g/mol. The predicted octanol–water partition coefficient (Wildman–Crippen LogP) is 3.68. The molecule has 1 aliphatic heterocycles. The predicted molar refractivity (Wildman–Crippen MR) is 68.2 cm³/mol. The molecule has 0 amide bonds. The second-order valence-electron chi connectivity index (χ2n) is 4.15. The van der Waals surface area contributed by atoms with Gasteiger partial charge in [0.25, 0.3) is 0 Å². The molecule has 1 saturated heterocycles. The molecule has 82 valence electrons. The van der Waals surface area contributed by atoms with Gasteiger partial charge in [-0.05, 0) is 43.3 Å². The van der Waals surface area contributed by atoms with Gasteiger partial charge in [-0.2, -0.15) is 0 Å². The number of nitrogens with one attached hydrogen (secondary N) is 1. The van der Waals surface area contributed by atoms with Crippen molar-refractivity contribution in [3.8, 4) is 0 Å². The molecule has 1 atom stereocenters. The van der Waals surface area contributed by atoms with E-state index < -0.39 is 0 Å². The quantitative estimate of drug-likeness (QED) is 0.821. The second-order valence-corrected chi connectivity index (χ2v) is 5.13. The molecule has 1 N–H and O–H groups in total. The third-order valence-corrected chi connectivity index (χ3v) is 3.75. The van der Waals surface area contributed by atoms with Crippen molar-refractivity contribution in [1.82, 2.24) is 5.32 Å². The lowest BCUT2D eigenvalue weighted by molar-refractivity contribution is 0.516. The Morgan fingerprint density at radius 2 is 2.40 bits per heavy atom. The van der Waals surface area contributed by atoms with Crippen LogP contribution in [0.3, 0.4) is 0 Å². The van der Waals surface area contributed by atoms with Crippen LogP contribution in [0, 0.1) is 0 Å². The molecule has 1 aromatic heterocycles. The zero-order chi connectivity index (χ0) is 10.3. The summed E-state index contributed by atoms with van der Waals surface area (Å²) in [7, 11) is 0. The fourth-order valence-electron chi connectivity index (χ4n) is 2.04. The van der Waals surface area contributed by atoms with Gasteiger partial charge >= 0.3 is 0 Å². The minimum Gasteiger partial charge on any atom is -0.314 e. The molecule has 0 bridgehead atoms. The van der Waals surface area contributed by atoms with Crippen LogP contribution < -0.4 is 5.32 Å². The second kappa shape index (κ2) is 6.09. The van der Waals surface area contributed by atoms with Crippen molar-refractivity contribution in [3.63, 3.8) is 0 Å². The highest BCUT2D eigenvalue weighted by Crippen LogP contribution is 2.14. The van der Waals surface area contributed by atoms with Crippen molar-refractivity contribution < 1.29 is 0 Å². The molecule has 1 nitrogen and oxygen atoms in total. The first-order valence-corrected chi connectivity index (χ1v) is 6.76. The Morgan fingerprint density at radius 3 is 3.27 bits per heavy atom. The largest absolute Gasteiger partial charge is 0.314 e. The molecule has 0 spiro atoms. The van der Waals surface area contributed by atoms with Crippen molar-refractivity contribution in [1.29, 1.82) is 0 Å². The van der Waals surface area contributed by atoms with Gasteiger partial charge in [0.05, 0.1) is 0 Å². The molecule has 1 fully saturated rings. The third kappa shape index (κ3) is 3.80. The van der Waals surface area contributed by atoms with Crippen molar-refractivity contribution >= 4 is 17.4 Å². The van der Waals surface area contributed by atoms with Crippen LogP contribution in [0.25, 0.3) is 6.08 Å². The van der Waals surface area contributed by atoms with Crippen molar-refractivity contribution in [2.45, 2.75) is 38.1 Å². The van der Waals surface area contributed by atoms with Crippen molar-refractivity contribution in [2.75, 3.05) is 6.54 Å². The highest BCUT2D eigenvalue weighted by Gasteiger charge is 2.08. The maximum absolute atomic E-state index is 3.61. The zero-order valence-electron chi connectivity index (χ0n) is 9.11. The highest BCUT2D eigenvalue weighted by molar-refractivity contribution is 7.10. The van der Waals surface area contributed by atoms with Crippen LogP contribution in [0.15, 0.2) is 23.6 Å². The minimum absolute atomic E-state index is 0.712.